The van der Waals surface area contributed by atoms with Crippen LogP contribution in [0.25, 0.3) is 0 Å². The second-order valence-electron chi connectivity index (χ2n) is 6.87. The zero-order chi connectivity index (χ0) is 18.0. The highest BCUT2D eigenvalue weighted by Gasteiger charge is 2.39. The van der Waals surface area contributed by atoms with Gasteiger partial charge in [-0.2, -0.15) is 0 Å². The zero-order valence-electron chi connectivity index (χ0n) is 15.4. The molecule has 0 radical (unpaired) electrons. The summed E-state index contributed by atoms with van der Waals surface area (Å²) in [5, 5.41) is 0. The van der Waals surface area contributed by atoms with E-state index in [4.69, 9.17) is 5.73 Å². The molecule has 2 aromatic carbocycles. The van der Waals surface area contributed by atoms with E-state index in [1.807, 2.05) is 60.7 Å². The monoisotopic (exact) mass is 337 g/mol. The Morgan fingerprint density at radius 2 is 1.20 bits per heavy atom. The summed E-state index contributed by atoms with van der Waals surface area (Å²) in [6, 6.07) is 20.0. The Morgan fingerprint density at radius 1 is 0.760 bits per heavy atom. The molecule has 0 spiro atoms. The van der Waals surface area contributed by atoms with Gasteiger partial charge in [-0.1, -0.05) is 113 Å². The molecule has 0 fully saturated rings. The van der Waals surface area contributed by atoms with E-state index in [2.05, 4.69) is 6.92 Å². The second kappa shape index (κ2) is 10.0. The van der Waals surface area contributed by atoms with Crippen molar-refractivity contribution in [2.45, 2.75) is 63.7 Å². The molecule has 0 aliphatic carbocycles. The third-order valence-corrected chi connectivity index (χ3v) is 5.11. The molecule has 2 N–H and O–H groups in total. The predicted octanol–water partition coefficient (Wildman–Crippen LogP) is 5.60. The highest BCUT2D eigenvalue weighted by molar-refractivity contribution is 5.90. The van der Waals surface area contributed by atoms with Gasteiger partial charge in [-0.15, -0.1) is 0 Å². The first-order chi connectivity index (χ1) is 12.2. The summed E-state index contributed by atoms with van der Waals surface area (Å²) in [5.74, 6) is -0.254. The molecule has 0 unspecified atom stereocenters. The predicted molar refractivity (Wildman–Crippen MR) is 105 cm³/mol. The Hall–Kier alpha value is -2.09. The lowest BCUT2D eigenvalue weighted by Crippen LogP contribution is -2.42. The molecule has 0 heterocycles. The Kier molecular flexibility index (Phi) is 7.72. The second-order valence-corrected chi connectivity index (χ2v) is 6.87. The van der Waals surface area contributed by atoms with Gasteiger partial charge in [-0.25, -0.2) is 0 Å². The van der Waals surface area contributed by atoms with Crippen molar-refractivity contribution in [1.82, 2.24) is 0 Å². The van der Waals surface area contributed by atoms with Crippen molar-refractivity contribution in [3.63, 3.8) is 0 Å². The first-order valence-electron chi connectivity index (χ1n) is 9.62. The maximum absolute atomic E-state index is 12.6. The van der Waals surface area contributed by atoms with Crippen LogP contribution in [0.15, 0.2) is 60.7 Å². The molecule has 25 heavy (non-hydrogen) atoms. The number of hydrogen-bond acceptors (Lipinski definition) is 1. The van der Waals surface area contributed by atoms with E-state index in [0.29, 0.717) is 0 Å². The fourth-order valence-corrected chi connectivity index (χ4v) is 3.66. The highest BCUT2D eigenvalue weighted by Crippen LogP contribution is 2.37. The third kappa shape index (κ3) is 4.94. The molecule has 0 aliphatic rings. The lowest BCUT2D eigenvalue weighted by atomic mass is 9.70. The summed E-state index contributed by atoms with van der Waals surface area (Å²) in [4.78, 5) is 12.6. The number of amides is 1. The molecule has 1 amide bonds. The highest BCUT2D eigenvalue weighted by atomic mass is 16.1. The number of unbranched alkanes of at least 4 members (excludes halogenated alkanes) is 6. The minimum Gasteiger partial charge on any atom is -0.369 e. The van der Waals surface area contributed by atoms with E-state index in [9.17, 15) is 4.79 Å². The quantitative estimate of drug-likeness (QED) is 0.533. The Balaban J connectivity index is 2.16. The van der Waals surface area contributed by atoms with Gasteiger partial charge in [0.25, 0.3) is 0 Å². The van der Waals surface area contributed by atoms with E-state index in [1.54, 1.807) is 0 Å². The number of carbonyl (C=O) groups is 1. The lowest BCUT2D eigenvalue weighted by Gasteiger charge is -2.32. The molecule has 0 atom stereocenters. The van der Waals surface area contributed by atoms with Gasteiger partial charge in [-0.3, -0.25) is 4.79 Å². The molecule has 0 aliphatic heterocycles. The number of rotatable bonds is 11. The van der Waals surface area contributed by atoms with Gasteiger partial charge in [-0.05, 0) is 17.5 Å². The Labute approximate surface area is 152 Å². The largest absolute Gasteiger partial charge is 0.369 e. The summed E-state index contributed by atoms with van der Waals surface area (Å²) >= 11 is 0. The van der Waals surface area contributed by atoms with Gasteiger partial charge in [0.05, 0.1) is 5.41 Å². The van der Waals surface area contributed by atoms with Crippen LogP contribution in [0.1, 0.15) is 69.4 Å². The van der Waals surface area contributed by atoms with Crippen LogP contribution in [0.4, 0.5) is 0 Å². The Bertz CT molecular complexity index is 582. The van der Waals surface area contributed by atoms with Crippen molar-refractivity contribution in [3.8, 4) is 0 Å². The molecule has 2 rings (SSSR count). The van der Waals surface area contributed by atoms with E-state index in [1.165, 1.54) is 32.1 Å². The summed E-state index contributed by atoms with van der Waals surface area (Å²) < 4.78 is 0. The fraction of sp³-hybridized carbons (Fsp3) is 0.435. The van der Waals surface area contributed by atoms with Crippen molar-refractivity contribution in [3.05, 3.63) is 71.8 Å². The molecular formula is C23H31NO. The van der Waals surface area contributed by atoms with Gasteiger partial charge in [0.2, 0.25) is 5.91 Å². The number of primary amides is 1. The van der Waals surface area contributed by atoms with Crippen LogP contribution in [0.5, 0.6) is 0 Å². The van der Waals surface area contributed by atoms with E-state index >= 15 is 0 Å². The summed E-state index contributed by atoms with van der Waals surface area (Å²) in [6.07, 6.45) is 9.36. The van der Waals surface area contributed by atoms with Crippen molar-refractivity contribution in [2.24, 2.45) is 5.73 Å². The van der Waals surface area contributed by atoms with E-state index in [0.717, 1.165) is 30.4 Å². The number of carbonyl (C=O) groups excluding carboxylic acids is 1. The molecule has 134 valence electrons. The van der Waals surface area contributed by atoms with Crippen molar-refractivity contribution >= 4 is 5.91 Å². The first-order valence-corrected chi connectivity index (χ1v) is 9.62. The minimum atomic E-state index is -0.730. The van der Waals surface area contributed by atoms with Crippen molar-refractivity contribution in [2.75, 3.05) is 0 Å². The van der Waals surface area contributed by atoms with E-state index in [-0.39, 0.29) is 5.91 Å². The molecule has 0 saturated heterocycles. The molecule has 0 saturated carbocycles. The third-order valence-electron chi connectivity index (χ3n) is 5.11. The molecule has 2 nitrogen and oxygen atoms in total. The summed E-state index contributed by atoms with van der Waals surface area (Å²) in [5.41, 5.74) is 7.25. The van der Waals surface area contributed by atoms with Crippen molar-refractivity contribution in [1.29, 1.82) is 0 Å². The molecular weight excluding hydrogens is 306 g/mol. The van der Waals surface area contributed by atoms with Gasteiger partial charge in [0.15, 0.2) is 0 Å². The van der Waals surface area contributed by atoms with Crippen molar-refractivity contribution < 1.29 is 4.79 Å². The standard InChI is InChI=1S/C23H31NO/c1-2-3-4-5-6-7-14-19-23(22(24)25,20-15-10-8-11-16-20)21-17-12-9-13-18-21/h8-13,15-18H,2-7,14,19H2,1H3,(H2,24,25). The van der Waals surface area contributed by atoms with Gasteiger partial charge in [0.1, 0.15) is 0 Å². The fourth-order valence-electron chi connectivity index (χ4n) is 3.66. The van der Waals surface area contributed by atoms with Gasteiger partial charge >= 0.3 is 0 Å². The SMILES string of the molecule is CCCCCCCCCC(C(N)=O)(c1ccccc1)c1ccccc1. The van der Waals surface area contributed by atoms with Crippen LogP contribution >= 0.6 is 0 Å². The molecule has 0 bridgehead atoms. The average Bonchev–Trinajstić information content (AvgIpc) is 2.65. The number of benzene rings is 2. The summed E-state index contributed by atoms with van der Waals surface area (Å²) in [6.45, 7) is 2.24. The maximum atomic E-state index is 12.6. The lowest BCUT2D eigenvalue weighted by molar-refractivity contribution is -0.122. The number of hydrogen-bond donors (Lipinski definition) is 1. The van der Waals surface area contributed by atoms with Gasteiger partial charge < -0.3 is 5.73 Å². The van der Waals surface area contributed by atoms with Gasteiger partial charge in [0, 0.05) is 0 Å². The maximum Gasteiger partial charge on any atom is 0.232 e. The van der Waals surface area contributed by atoms with Crippen LogP contribution < -0.4 is 5.73 Å². The van der Waals surface area contributed by atoms with Crippen LogP contribution in [0.3, 0.4) is 0 Å². The van der Waals surface area contributed by atoms with E-state index < -0.39 is 5.41 Å². The molecule has 2 aromatic rings. The number of nitrogens with two attached hydrogens (primary N) is 1. The Morgan fingerprint density at radius 3 is 1.64 bits per heavy atom. The molecule has 2 heteroatoms. The van der Waals surface area contributed by atoms with Crippen LogP contribution in [0, 0.1) is 0 Å². The normalized spacial score (nSPS) is 11.4. The smallest absolute Gasteiger partial charge is 0.232 e. The van der Waals surface area contributed by atoms with Crippen LogP contribution in [0.2, 0.25) is 0 Å². The molecule has 0 aromatic heterocycles. The topological polar surface area (TPSA) is 43.1 Å². The summed E-state index contributed by atoms with van der Waals surface area (Å²) in [7, 11) is 0. The first kappa shape index (κ1) is 19.2. The minimum absolute atomic E-state index is 0.254. The van der Waals surface area contributed by atoms with Crippen LogP contribution in [-0.2, 0) is 10.2 Å². The zero-order valence-corrected chi connectivity index (χ0v) is 15.4. The average molecular weight is 338 g/mol. The van der Waals surface area contributed by atoms with Crippen LogP contribution in [-0.4, -0.2) is 5.91 Å².